The van der Waals surface area contributed by atoms with Crippen molar-refractivity contribution in [3.05, 3.63) is 24.3 Å². The summed E-state index contributed by atoms with van der Waals surface area (Å²) in [6.45, 7) is 2.59. The number of benzene rings is 1. The summed E-state index contributed by atoms with van der Waals surface area (Å²) < 4.78 is 26.4. The number of nitrogens with two attached hydrogens (primary N) is 1. The van der Waals surface area contributed by atoms with Crippen LogP contribution in [0.1, 0.15) is 39.0 Å². The van der Waals surface area contributed by atoms with Crippen molar-refractivity contribution in [2.45, 2.75) is 45.0 Å². The fourth-order valence-corrected chi connectivity index (χ4v) is 2.75. The van der Waals surface area contributed by atoms with Crippen molar-refractivity contribution < 1.29 is 13.6 Å². The molecule has 0 aliphatic heterocycles. The number of alkyl halides is 2. The molecule has 0 atom stereocenters. The zero-order valence-corrected chi connectivity index (χ0v) is 12.3. The van der Waals surface area contributed by atoms with E-state index in [0.29, 0.717) is 12.2 Å². The first kappa shape index (κ1) is 15.7. The van der Waals surface area contributed by atoms with Gasteiger partial charge in [0.2, 0.25) is 11.8 Å². The van der Waals surface area contributed by atoms with E-state index in [1.165, 1.54) is 0 Å². The zero-order valence-electron chi connectivity index (χ0n) is 12.3. The molecule has 1 aliphatic carbocycles. The number of carbonyl (C=O) groups is 1. The van der Waals surface area contributed by atoms with Gasteiger partial charge < -0.3 is 10.6 Å². The van der Waals surface area contributed by atoms with E-state index in [-0.39, 0.29) is 37.5 Å². The quantitative estimate of drug-likeness (QED) is 0.858. The van der Waals surface area contributed by atoms with Crippen LogP contribution in [0.4, 0.5) is 20.2 Å². The van der Waals surface area contributed by atoms with Crippen molar-refractivity contribution in [2.24, 2.45) is 5.92 Å². The van der Waals surface area contributed by atoms with Gasteiger partial charge in [-0.25, -0.2) is 8.78 Å². The summed E-state index contributed by atoms with van der Waals surface area (Å²) in [4.78, 5) is 14.3. The van der Waals surface area contributed by atoms with Crippen LogP contribution in [-0.2, 0) is 4.79 Å². The van der Waals surface area contributed by atoms with Gasteiger partial charge in [-0.2, -0.15) is 0 Å². The van der Waals surface area contributed by atoms with Crippen LogP contribution in [0.25, 0.3) is 0 Å². The predicted molar refractivity (Wildman–Crippen MR) is 80.4 cm³/mol. The van der Waals surface area contributed by atoms with Crippen LogP contribution in [0.5, 0.6) is 0 Å². The average molecular weight is 296 g/mol. The Morgan fingerprint density at radius 2 is 1.86 bits per heavy atom. The Balaban J connectivity index is 2.11. The van der Waals surface area contributed by atoms with Crippen molar-refractivity contribution >= 4 is 17.3 Å². The monoisotopic (exact) mass is 296 g/mol. The molecule has 0 bridgehead atoms. The number of hydrogen-bond acceptors (Lipinski definition) is 2. The maximum absolute atomic E-state index is 13.2. The Morgan fingerprint density at radius 3 is 2.38 bits per heavy atom. The smallest absolute Gasteiger partial charge is 0.248 e. The topological polar surface area (TPSA) is 46.3 Å². The van der Waals surface area contributed by atoms with Crippen molar-refractivity contribution in [3.63, 3.8) is 0 Å². The molecule has 0 heterocycles. The molecule has 116 valence electrons. The first-order chi connectivity index (χ1) is 9.93. The standard InChI is InChI=1S/C16H22F2N2O/c1-2-11-20(14-5-3-13(19)4-6-14)15(21)12-7-9-16(17,18)10-8-12/h3-6,12H,2,7-11,19H2,1H3. The van der Waals surface area contributed by atoms with Gasteiger partial charge in [0.25, 0.3) is 0 Å². The van der Waals surface area contributed by atoms with E-state index in [1.54, 1.807) is 29.2 Å². The minimum Gasteiger partial charge on any atom is -0.399 e. The first-order valence-corrected chi connectivity index (χ1v) is 7.47. The van der Waals surface area contributed by atoms with Gasteiger partial charge >= 0.3 is 0 Å². The van der Waals surface area contributed by atoms with E-state index >= 15 is 0 Å². The Labute approximate surface area is 124 Å². The molecule has 2 N–H and O–H groups in total. The summed E-state index contributed by atoms with van der Waals surface area (Å²) in [6.07, 6.45) is 0.969. The zero-order chi connectivity index (χ0) is 15.5. The van der Waals surface area contributed by atoms with Crippen LogP contribution in [0, 0.1) is 5.92 Å². The fraction of sp³-hybridized carbons (Fsp3) is 0.562. The molecule has 0 unspecified atom stereocenters. The maximum Gasteiger partial charge on any atom is 0.248 e. The van der Waals surface area contributed by atoms with Crippen molar-refractivity contribution in [1.82, 2.24) is 0 Å². The Kier molecular flexibility index (Phi) is 4.80. The van der Waals surface area contributed by atoms with E-state index < -0.39 is 5.92 Å². The highest BCUT2D eigenvalue weighted by atomic mass is 19.3. The number of nitrogen functional groups attached to an aromatic ring is 1. The molecule has 0 saturated heterocycles. The van der Waals surface area contributed by atoms with Crippen molar-refractivity contribution in [3.8, 4) is 0 Å². The second-order valence-corrected chi connectivity index (χ2v) is 5.71. The molecule has 0 radical (unpaired) electrons. The second kappa shape index (κ2) is 6.41. The number of rotatable bonds is 4. The number of carbonyl (C=O) groups excluding carboxylic acids is 1. The van der Waals surface area contributed by atoms with Crippen LogP contribution in [0.2, 0.25) is 0 Å². The third kappa shape index (κ3) is 3.93. The molecule has 1 aromatic rings. The molecular formula is C16H22F2N2O. The highest BCUT2D eigenvalue weighted by molar-refractivity contribution is 5.95. The van der Waals surface area contributed by atoms with E-state index in [2.05, 4.69) is 0 Å². The third-order valence-corrected chi connectivity index (χ3v) is 3.98. The number of nitrogens with zero attached hydrogens (tertiary/aromatic N) is 1. The van der Waals surface area contributed by atoms with Gasteiger partial charge in [-0.05, 0) is 43.5 Å². The lowest BCUT2D eigenvalue weighted by atomic mass is 9.85. The summed E-state index contributed by atoms with van der Waals surface area (Å²) in [7, 11) is 0. The summed E-state index contributed by atoms with van der Waals surface area (Å²) in [5.41, 5.74) is 7.09. The van der Waals surface area contributed by atoms with Crippen LogP contribution in [0.15, 0.2) is 24.3 Å². The van der Waals surface area contributed by atoms with Gasteiger partial charge in [0.05, 0.1) is 0 Å². The van der Waals surface area contributed by atoms with Gasteiger partial charge in [-0.1, -0.05) is 6.92 Å². The summed E-state index contributed by atoms with van der Waals surface area (Å²) in [5.74, 6) is -2.95. The number of halogens is 2. The molecule has 1 fully saturated rings. The van der Waals surface area contributed by atoms with Gasteiger partial charge in [0, 0.05) is 36.7 Å². The second-order valence-electron chi connectivity index (χ2n) is 5.71. The lowest BCUT2D eigenvalue weighted by molar-refractivity contribution is -0.126. The lowest BCUT2D eigenvalue weighted by Gasteiger charge is -2.32. The molecule has 2 rings (SSSR count). The van der Waals surface area contributed by atoms with Crippen molar-refractivity contribution in [1.29, 1.82) is 0 Å². The molecule has 1 amide bonds. The Hall–Kier alpha value is -1.65. The van der Waals surface area contributed by atoms with Gasteiger partial charge in [0.1, 0.15) is 0 Å². The predicted octanol–water partition coefficient (Wildman–Crippen LogP) is 3.84. The molecular weight excluding hydrogens is 274 g/mol. The van der Waals surface area contributed by atoms with Crippen molar-refractivity contribution in [2.75, 3.05) is 17.2 Å². The fourth-order valence-electron chi connectivity index (χ4n) is 2.75. The van der Waals surface area contributed by atoms with E-state index in [9.17, 15) is 13.6 Å². The largest absolute Gasteiger partial charge is 0.399 e. The molecule has 1 saturated carbocycles. The lowest BCUT2D eigenvalue weighted by Crippen LogP contribution is -2.40. The van der Waals surface area contributed by atoms with Crippen LogP contribution in [0.3, 0.4) is 0 Å². The molecule has 0 aromatic heterocycles. The average Bonchev–Trinajstić information content (AvgIpc) is 2.45. The van der Waals surface area contributed by atoms with Gasteiger partial charge in [-0.3, -0.25) is 4.79 Å². The van der Waals surface area contributed by atoms with Crippen LogP contribution >= 0.6 is 0 Å². The number of anilines is 2. The molecule has 1 aliphatic rings. The number of amides is 1. The molecule has 21 heavy (non-hydrogen) atoms. The van der Waals surface area contributed by atoms with E-state index in [4.69, 9.17) is 5.73 Å². The Bertz CT molecular complexity index is 478. The normalized spacial score (nSPS) is 18.4. The van der Waals surface area contributed by atoms with Crippen LogP contribution in [-0.4, -0.2) is 18.4 Å². The molecule has 5 heteroatoms. The highest BCUT2D eigenvalue weighted by Gasteiger charge is 2.38. The highest BCUT2D eigenvalue weighted by Crippen LogP contribution is 2.37. The Morgan fingerprint density at radius 1 is 1.29 bits per heavy atom. The van der Waals surface area contributed by atoms with Crippen LogP contribution < -0.4 is 10.6 Å². The molecule has 1 aromatic carbocycles. The third-order valence-electron chi connectivity index (χ3n) is 3.98. The molecule has 0 spiro atoms. The maximum atomic E-state index is 13.2. The SMILES string of the molecule is CCCN(C(=O)C1CCC(F)(F)CC1)c1ccc(N)cc1. The number of hydrogen-bond donors (Lipinski definition) is 1. The van der Waals surface area contributed by atoms with Gasteiger partial charge in [0.15, 0.2) is 0 Å². The molecule has 3 nitrogen and oxygen atoms in total. The summed E-state index contributed by atoms with van der Waals surface area (Å²) in [6, 6.07) is 7.11. The van der Waals surface area contributed by atoms with E-state index in [0.717, 1.165) is 12.1 Å². The summed E-state index contributed by atoms with van der Waals surface area (Å²) in [5, 5.41) is 0. The first-order valence-electron chi connectivity index (χ1n) is 7.47. The van der Waals surface area contributed by atoms with E-state index in [1.807, 2.05) is 6.92 Å². The summed E-state index contributed by atoms with van der Waals surface area (Å²) >= 11 is 0. The minimum absolute atomic E-state index is 0.0443. The van der Waals surface area contributed by atoms with Gasteiger partial charge in [-0.15, -0.1) is 0 Å². The minimum atomic E-state index is -2.60.